The zero-order valence-corrected chi connectivity index (χ0v) is 15.1. The molecule has 23 heavy (non-hydrogen) atoms. The van der Waals surface area contributed by atoms with E-state index in [-0.39, 0.29) is 5.91 Å². The van der Waals surface area contributed by atoms with Crippen LogP contribution >= 0.6 is 15.9 Å². The third kappa shape index (κ3) is 4.79. The monoisotopic (exact) mass is 375 g/mol. The standard InChI is InChI=1S/C18H22BrN3O/c1-3-11-22(12-4-2)18(23)17-10-9-14(13-20-17)21-16-8-6-5-7-15(16)19/h5-10,13,21H,3-4,11-12H2,1-2H3. The predicted molar refractivity (Wildman–Crippen MR) is 98.1 cm³/mol. The molecule has 1 aromatic heterocycles. The molecule has 2 aromatic rings. The number of carbonyl (C=O) groups excluding carboxylic acids is 1. The summed E-state index contributed by atoms with van der Waals surface area (Å²) in [5.74, 6) is 0.00106. The number of aromatic nitrogens is 1. The Bertz CT molecular complexity index is 637. The number of amides is 1. The van der Waals surface area contributed by atoms with Gasteiger partial charge in [-0.3, -0.25) is 4.79 Å². The zero-order chi connectivity index (χ0) is 16.7. The Hall–Kier alpha value is -1.88. The van der Waals surface area contributed by atoms with Crippen LogP contribution in [0.4, 0.5) is 11.4 Å². The SMILES string of the molecule is CCCN(CCC)C(=O)c1ccc(Nc2ccccc2Br)cn1. The summed E-state index contributed by atoms with van der Waals surface area (Å²) in [5.41, 5.74) is 2.31. The molecule has 0 fully saturated rings. The molecule has 0 aliphatic rings. The fourth-order valence-corrected chi connectivity index (χ4v) is 2.71. The Kier molecular flexibility index (Phi) is 6.59. The average Bonchev–Trinajstić information content (AvgIpc) is 2.57. The maximum atomic E-state index is 12.5. The average molecular weight is 376 g/mol. The molecule has 4 nitrogen and oxygen atoms in total. The summed E-state index contributed by atoms with van der Waals surface area (Å²) in [6.45, 7) is 5.69. The van der Waals surface area contributed by atoms with E-state index in [0.29, 0.717) is 5.69 Å². The van der Waals surface area contributed by atoms with Crippen LogP contribution in [0.2, 0.25) is 0 Å². The van der Waals surface area contributed by atoms with Crippen LogP contribution < -0.4 is 5.32 Å². The van der Waals surface area contributed by atoms with Crippen molar-refractivity contribution in [1.29, 1.82) is 0 Å². The highest BCUT2D eigenvalue weighted by Crippen LogP contribution is 2.25. The first kappa shape index (κ1) is 17.5. The van der Waals surface area contributed by atoms with E-state index in [1.165, 1.54) is 0 Å². The molecule has 0 saturated carbocycles. The first-order valence-corrected chi connectivity index (χ1v) is 8.71. The van der Waals surface area contributed by atoms with Crippen molar-refractivity contribution in [2.24, 2.45) is 0 Å². The van der Waals surface area contributed by atoms with Crippen molar-refractivity contribution < 1.29 is 4.79 Å². The van der Waals surface area contributed by atoms with Crippen molar-refractivity contribution in [1.82, 2.24) is 9.88 Å². The number of rotatable bonds is 7. The first-order valence-electron chi connectivity index (χ1n) is 7.92. The van der Waals surface area contributed by atoms with Crippen LogP contribution in [-0.4, -0.2) is 28.9 Å². The highest BCUT2D eigenvalue weighted by atomic mass is 79.9. The lowest BCUT2D eigenvalue weighted by molar-refractivity contribution is 0.0749. The van der Waals surface area contributed by atoms with Gasteiger partial charge in [0.25, 0.3) is 5.91 Å². The van der Waals surface area contributed by atoms with Gasteiger partial charge in [-0.15, -0.1) is 0 Å². The number of nitrogens with one attached hydrogen (secondary N) is 1. The van der Waals surface area contributed by atoms with E-state index in [1.54, 1.807) is 12.3 Å². The maximum Gasteiger partial charge on any atom is 0.272 e. The fraction of sp³-hybridized carbons (Fsp3) is 0.333. The topological polar surface area (TPSA) is 45.2 Å². The second kappa shape index (κ2) is 8.67. The number of anilines is 2. The van der Waals surface area contributed by atoms with E-state index in [0.717, 1.165) is 41.8 Å². The molecule has 0 unspecified atom stereocenters. The van der Waals surface area contributed by atoms with Crippen LogP contribution in [0.3, 0.4) is 0 Å². The number of benzene rings is 1. The lowest BCUT2D eigenvalue weighted by Gasteiger charge is -2.21. The summed E-state index contributed by atoms with van der Waals surface area (Å²) in [7, 11) is 0. The van der Waals surface area contributed by atoms with Crippen molar-refractivity contribution in [3.63, 3.8) is 0 Å². The first-order chi connectivity index (χ1) is 11.2. The van der Waals surface area contributed by atoms with Crippen LogP contribution in [0.5, 0.6) is 0 Å². The lowest BCUT2D eigenvalue weighted by Crippen LogP contribution is -2.33. The molecule has 0 radical (unpaired) electrons. The molecule has 0 saturated heterocycles. The number of pyridine rings is 1. The van der Waals surface area contributed by atoms with Crippen molar-refractivity contribution in [2.45, 2.75) is 26.7 Å². The van der Waals surface area contributed by atoms with E-state index >= 15 is 0 Å². The van der Waals surface area contributed by atoms with Gasteiger partial charge in [0.15, 0.2) is 0 Å². The van der Waals surface area contributed by atoms with Gasteiger partial charge in [0.1, 0.15) is 5.69 Å². The fourth-order valence-electron chi connectivity index (χ4n) is 2.33. The maximum absolute atomic E-state index is 12.5. The van der Waals surface area contributed by atoms with Gasteiger partial charge in [-0.25, -0.2) is 4.98 Å². The molecule has 1 N–H and O–H groups in total. The summed E-state index contributed by atoms with van der Waals surface area (Å²) >= 11 is 3.50. The quantitative estimate of drug-likeness (QED) is 0.751. The molecule has 0 aliphatic heterocycles. The highest BCUT2D eigenvalue weighted by Gasteiger charge is 2.15. The molecule has 2 rings (SSSR count). The van der Waals surface area contributed by atoms with Gasteiger partial charge in [-0.1, -0.05) is 26.0 Å². The number of nitrogens with zero attached hydrogens (tertiary/aromatic N) is 2. The normalized spacial score (nSPS) is 10.4. The van der Waals surface area contributed by atoms with Crippen LogP contribution in [0, 0.1) is 0 Å². The summed E-state index contributed by atoms with van der Waals surface area (Å²) < 4.78 is 0.984. The number of hydrogen-bond donors (Lipinski definition) is 1. The highest BCUT2D eigenvalue weighted by molar-refractivity contribution is 9.10. The molecule has 0 aliphatic carbocycles. The van der Waals surface area contributed by atoms with Gasteiger partial charge in [0.05, 0.1) is 17.6 Å². The Morgan fingerprint density at radius 1 is 1.13 bits per heavy atom. The zero-order valence-electron chi connectivity index (χ0n) is 13.6. The Labute approximate surface area is 146 Å². The minimum Gasteiger partial charge on any atom is -0.353 e. The molecular formula is C18H22BrN3O. The van der Waals surface area contributed by atoms with Crippen molar-refractivity contribution in [2.75, 3.05) is 18.4 Å². The molecular weight excluding hydrogens is 354 g/mol. The van der Waals surface area contributed by atoms with Crippen molar-refractivity contribution in [3.05, 3.63) is 52.8 Å². The second-order valence-electron chi connectivity index (χ2n) is 5.33. The van der Waals surface area contributed by atoms with Gasteiger partial charge >= 0.3 is 0 Å². The van der Waals surface area contributed by atoms with Crippen molar-refractivity contribution >= 4 is 33.2 Å². The van der Waals surface area contributed by atoms with E-state index in [2.05, 4.69) is 40.1 Å². The molecule has 1 heterocycles. The van der Waals surface area contributed by atoms with E-state index < -0.39 is 0 Å². The van der Waals surface area contributed by atoms with Gasteiger partial charge < -0.3 is 10.2 Å². The summed E-state index contributed by atoms with van der Waals surface area (Å²) in [4.78, 5) is 18.7. The largest absolute Gasteiger partial charge is 0.353 e. The Balaban J connectivity index is 2.09. The lowest BCUT2D eigenvalue weighted by atomic mass is 10.2. The van der Waals surface area contributed by atoms with Crippen LogP contribution in [0.15, 0.2) is 47.1 Å². The van der Waals surface area contributed by atoms with Crippen LogP contribution in [0.25, 0.3) is 0 Å². The molecule has 122 valence electrons. The third-order valence-corrected chi connectivity index (χ3v) is 4.10. The van der Waals surface area contributed by atoms with E-state index in [4.69, 9.17) is 0 Å². The van der Waals surface area contributed by atoms with Gasteiger partial charge in [-0.05, 0) is 53.0 Å². The van der Waals surface area contributed by atoms with Gasteiger partial charge in [-0.2, -0.15) is 0 Å². The second-order valence-corrected chi connectivity index (χ2v) is 6.18. The minimum absolute atomic E-state index is 0.00106. The van der Waals surface area contributed by atoms with Gasteiger partial charge in [0, 0.05) is 17.6 Å². The minimum atomic E-state index is 0.00106. The summed E-state index contributed by atoms with van der Waals surface area (Å²) in [6.07, 6.45) is 3.60. The molecule has 0 atom stereocenters. The Morgan fingerprint density at radius 2 is 1.83 bits per heavy atom. The molecule has 5 heteroatoms. The number of para-hydroxylation sites is 1. The molecule has 0 spiro atoms. The number of carbonyl (C=O) groups is 1. The van der Waals surface area contributed by atoms with E-state index in [9.17, 15) is 4.79 Å². The van der Waals surface area contributed by atoms with Crippen LogP contribution in [0.1, 0.15) is 37.2 Å². The molecule has 1 aromatic carbocycles. The van der Waals surface area contributed by atoms with Crippen molar-refractivity contribution in [3.8, 4) is 0 Å². The van der Waals surface area contributed by atoms with Crippen LogP contribution in [-0.2, 0) is 0 Å². The van der Waals surface area contributed by atoms with E-state index in [1.807, 2.05) is 35.2 Å². The molecule has 0 bridgehead atoms. The van der Waals surface area contributed by atoms with Gasteiger partial charge in [0.2, 0.25) is 0 Å². The Morgan fingerprint density at radius 3 is 2.39 bits per heavy atom. The predicted octanol–water partition coefficient (Wildman–Crippen LogP) is 4.85. The molecule has 1 amide bonds. The number of halogens is 1. The smallest absolute Gasteiger partial charge is 0.272 e. The third-order valence-electron chi connectivity index (χ3n) is 3.41. The summed E-state index contributed by atoms with van der Waals surface area (Å²) in [5, 5.41) is 3.28. The summed E-state index contributed by atoms with van der Waals surface area (Å²) in [6, 6.07) is 11.5. The number of hydrogen-bond acceptors (Lipinski definition) is 3.